The smallest absolute Gasteiger partial charge is 0.244 e. The number of carbonyl (C=O) groups is 1. The number of rotatable bonds is 5. The van der Waals surface area contributed by atoms with E-state index < -0.39 is 0 Å². The van der Waals surface area contributed by atoms with Gasteiger partial charge in [-0.25, -0.2) is 0 Å². The number of benzene rings is 1. The lowest BCUT2D eigenvalue weighted by molar-refractivity contribution is -0.159. The molecule has 11 heteroatoms. The van der Waals surface area contributed by atoms with Crippen molar-refractivity contribution in [1.82, 2.24) is 40.3 Å². The van der Waals surface area contributed by atoms with E-state index in [1.807, 2.05) is 5.01 Å². The molecule has 7 rings (SSSR count). The van der Waals surface area contributed by atoms with E-state index in [1.165, 1.54) is 10.9 Å². The minimum absolute atomic E-state index is 0.0664. The zero-order valence-corrected chi connectivity index (χ0v) is 24.3. The van der Waals surface area contributed by atoms with Gasteiger partial charge in [-0.2, -0.15) is 5.01 Å². The molecule has 11 nitrogen and oxygen atoms in total. The summed E-state index contributed by atoms with van der Waals surface area (Å²) in [4.78, 5) is 18.5. The molecule has 1 amide bonds. The topological polar surface area (TPSA) is 92.3 Å². The van der Waals surface area contributed by atoms with E-state index >= 15 is 0 Å². The first-order chi connectivity index (χ1) is 20.0. The zero-order valence-electron chi connectivity index (χ0n) is 24.3. The minimum Gasteiger partial charge on any atom is -0.374 e. The van der Waals surface area contributed by atoms with Crippen molar-refractivity contribution >= 4 is 22.5 Å². The molecule has 6 atom stereocenters. The molecule has 41 heavy (non-hydrogen) atoms. The number of nitrogens with zero attached hydrogens (tertiary/aromatic N) is 5. The van der Waals surface area contributed by atoms with Crippen LogP contribution in [-0.2, 0) is 16.1 Å². The maximum absolute atomic E-state index is 13.7. The Morgan fingerprint density at radius 1 is 1.10 bits per heavy atom. The van der Waals surface area contributed by atoms with Gasteiger partial charge in [0, 0.05) is 55.5 Å². The Labute approximate surface area is 242 Å². The molecule has 1 aromatic carbocycles. The summed E-state index contributed by atoms with van der Waals surface area (Å²) in [6.45, 7) is 6.04. The third kappa shape index (κ3) is 5.40. The van der Waals surface area contributed by atoms with Crippen molar-refractivity contribution in [2.45, 2.75) is 63.1 Å². The average molecular weight is 564 g/mol. The summed E-state index contributed by atoms with van der Waals surface area (Å²) in [5.41, 5.74) is 2.30. The fraction of sp³-hybridized carbons (Fsp3) is 0.633. The van der Waals surface area contributed by atoms with Crippen LogP contribution >= 0.6 is 0 Å². The fourth-order valence-corrected chi connectivity index (χ4v) is 7.25. The molecule has 0 radical (unpaired) electrons. The second-order valence-corrected chi connectivity index (χ2v) is 12.4. The van der Waals surface area contributed by atoms with Gasteiger partial charge in [0.2, 0.25) is 5.91 Å². The van der Waals surface area contributed by atoms with E-state index in [-0.39, 0.29) is 42.7 Å². The molecular formula is C30H45N9O2. The van der Waals surface area contributed by atoms with Crippen molar-refractivity contribution in [2.24, 2.45) is 5.92 Å². The number of carbonyl (C=O) groups excluding carboxylic acids is 1. The average Bonchev–Trinajstić information content (AvgIpc) is 3.50. The third-order valence-electron chi connectivity index (χ3n) is 9.39. The van der Waals surface area contributed by atoms with E-state index in [0.717, 1.165) is 64.2 Å². The quantitative estimate of drug-likeness (QED) is 0.401. The van der Waals surface area contributed by atoms with Crippen LogP contribution in [0.3, 0.4) is 0 Å². The summed E-state index contributed by atoms with van der Waals surface area (Å²) < 4.78 is 8.49. The number of nitrogens with one attached hydrogen (secondary N) is 4. The molecule has 4 saturated heterocycles. The highest BCUT2D eigenvalue weighted by molar-refractivity contribution is 5.84. The Bertz CT molecular complexity index is 1260. The second-order valence-electron chi connectivity index (χ2n) is 12.4. The monoisotopic (exact) mass is 563 g/mol. The fourth-order valence-electron chi connectivity index (χ4n) is 7.25. The molecule has 4 fully saturated rings. The molecule has 6 unspecified atom stereocenters. The van der Waals surface area contributed by atoms with Crippen LogP contribution in [0.2, 0.25) is 0 Å². The van der Waals surface area contributed by atoms with E-state index in [2.05, 4.69) is 97.4 Å². The van der Waals surface area contributed by atoms with Crippen LogP contribution in [-0.4, -0.2) is 115 Å². The standard InChI is InChI=1S/C30H45N9O2/c1-35(2)15-16-36-14-11-21-19-22(7-8-24(21)36)32-30-31-20-23-27(34-30)39-26-10-9-25-28(33-26)37(17-18-41-25)12-5-3-4-6-13-38(39)29(23)40/h4,6-8,11,14,19,23,25-28,30-34H,3,5,9-10,12-13,15-18,20H2,1-2H3/b6-4-. The van der Waals surface area contributed by atoms with E-state index in [1.54, 1.807) is 0 Å². The Morgan fingerprint density at radius 2 is 2.02 bits per heavy atom. The number of fused-ring (bicyclic) bond motifs is 6. The van der Waals surface area contributed by atoms with E-state index in [0.29, 0.717) is 13.1 Å². The molecule has 5 aliphatic rings. The molecule has 222 valence electrons. The summed E-state index contributed by atoms with van der Waals surface area (Å²) >= 11 is 0. The number of hydrogen-bond donors (Lipinski definition) is 4. The highest BCUT2D eigenvalue weighted by atomic mass is 16.5. The first-order valence-electron chi connectivity index (χ1n) is 15.4. The van der Waals surface area contributed by atoms with Crippen molar-refractivity contribution in [2.75, 3.05) is 58.7 Å². The largest absolute Gasteiger partial charge is 0.374 e. The first kappa shape index (κ1) is 27.3. The Hall–Kier alpha value is -2.51. The predicted molar refractivity (Wildman–Crippen MR) is 160 cm³/mol. The Balaban J connectivity index is 1.10. The number of allylic oxidation sites excluding steroid dienone is 1. The second kappa shape index (κ2) is 11.6. The molecule has 2 bridgehead atoms. The number of hydrazine groups is 1. The van der Waals surface area contributed by atoms with Crippen molar-refractivity contribution in [1.29, 1.82) is 0 Å². The maximum atomic E-state index is 13.7. The maximum Gasteiger partial charge on any atom is 0.244 e. The molecule has 1 aromatic heterocycles. The lowest BCUT2D eigenvalue weighted by atomic mass is 9.99. The summed E-state index contributed by atoms with van der Waals surface area (Å²) in [6, 6.07) is 8.75. The molecule has 0 saturated carbocycles. The number of likely N-dealkylation sites (N-methyl/N-ethyl adjacent to an activating group) is 1. The minimum atomic E-state index is -0.153. The van der Waals surface area contributed by atoms with Gasteiger partial charge in [-0.1, -0.05) is 12.2 Å². The van der Waals surface area contributed by atoms with Crippen LogP contribution in [0.25, 0.3) is 10.9 Å². The SMILES string of the molecule is CN(C)CCn1ccc2cc(NC3NCC4C(=O)N5C/C=C\CCCN6CCOC7CCC(NC76)N5C4N3)ccc21. The van der Waals surface area contributed by atoms with Gasteiger partial charge in [0.05, 0.1) is 43.7 Å². The van der Waals surface area contributed by atoms with Gasteiger partial charge in [0.25, 0.3) is 0 Å². The van der Waals surface area contributed by atoms with Crippen LogP contribution in [0.1, 0.15) is 25.7 Å². The van der Waals surface area contributed by atoms with Crippen LogP contribution in [0.4, 0.5) is 5.69 Å². The lowest BCUT2D eigenvalue weighted by Crippen LogP contribution is -2.71. The van der Waals surface area contributed by atoms with Crippen molar-refractivity contribution in [3.63, 3.8) is 0 Å². The van der Waals surface area contributed by atoms with Gasteiger partial charge in [0.1, 0.15) is 6.29 Å². The zero-order chi connectivity index (χ0) is 27.9. The molecule has 2 aromatic rings. The number of ether oxygens (including phenoxy) is 1. The highest BCUT2D eigenvalue weighted by Crippen LogP contribution is 2.33. The lowest BCUT2D eigenvalue weighted by Gasteiger charge is -2.51. The van der Waals surface area contributed by atoms with Crippen molar-refractivity contribution in [3.8, 4) is 0 Å². The van der Waals surface area contributed by atoms with E-state index in [4.69, 9.17) is 4.74 Å². The summed E-state index contributed by atoms with van der Waals surface area (Å²) in [6.07, 6.45) is 10.9. The molecule has 4 N–H and O–H groups in total. The Kier molecular flexibility index (Phi) is 7.76. The number of morpholine rings is 1. The van der Waals surface area contributed by atoms with Gasteiger partial charge in [-0.05, 0) is 64.0 Å². The summed E-state index contributed by atoms with van der Waals surface area (Å²) in [7, 11) is 4.21. The number of piperidine rings is 1. The molecule has 0 spiro atoms. The number of aromatic nitrogens is 1. The van der Waals surface area contributed by atoms with Crippen LogP contribution in [0, 0.1) is 5.92 Å². The molecular weight excluding hydrogens is 518 g/mol. The molecule has 0 aliphatic carbocycles. The molecule has 5 aliphatic heterocycles. The van der Waals surface area contributed by atoms with E-state index in [9.17, 15) is 4.79 Å². The van der Waals surface area contributed by atoms with Gasteiger partial charge in [-0.3, -0.25) is 30.7 Å². The van der Waals surface area contributed by atoms with Crippen LogP contribution < -0.4 is 21.3 Å². The van der Waals surface area contributed by atoms with Gasteiger partial charge in [-0.15, -0.1) is 0 Å². The van der Waals surface area contributed by atoms with Crippen molar-refractivity contribution in [3.05, 3.63) is 42.6 Å². The third-order valence-corrected chi connectivity index (χ3v) is 9.39. The summed E-state index contributed by atoms with van der Waals surface area (Å²) in [5, 5.41) is 20.4. The van der Waals surface area contributed by atoms with Crippen LogP contribution in [0.5, 0.6) is 0 Å². The number of amides is 1. The highest BCUT2D eigenvalue weighted by Gasteiger charge is 2.53. The molecule has 6 heterocycles. The first-order valence-corrected chi connectivity index (χ1v) is 15.4. The van der Waals surface area contributed by atoms with Gasteiger partial charge in [0.15, 0.2) is 0 Å². The van der Waals surface area contributed by atoms with Crippen LogP contribution in [0.15, 0.2) is 42.6 Å². The Morgan fingerprint density at radius 3 is 2.93 bits per heavy atom. The number of anilines is 1. The summed E-state index contributed by atoms with van der Waals surface area (Å²) in [5.74, 6) is 0.0503. The predicted octanol–water partition coefficient (Wildman–Crippen LogP) is 1.18. The van der Waals surface area contributed by atoms with Gasteiger partial charge >= 0.3 is 0 Å². The normalized spacial score (nSPS) is 33.7. The van der Waals surface area contributed by atoms with Crippen molar-refractivity contribution < 1.29 is 9.53 Å². The van der Waals surface area contributed by atoms with Gasteiger partial charge < -0.3 is 19.5 Å². The number of hydrogen-bond acceptors (Lipinski definition) is 9.